The number of ether oxygens (including phenoxy) is 1. The number of rotatable bonds is 6. The first-order valence-electron chi connectivity index (χ1n) is 7.07. The molecular weight excluding hydrogens is 260 g/mol. The van der Waals surface area contributed by atoms with E-state index in [1.807, 2.05) is 30.3 Å². The van der Waals surface area contributed by atoms with E-state index in [4.69, 9.17) is 10.00 Å². The molecule has 2 aromatic carbocycles. The molecule has 0 aromatic heterocycles. The summed E-state index contributed by atoms with van der Waals surface area (Å²) in [6.07, 6.45) is 0. The molecular formula is C18H20N2O. The van der Waals surface area contributed by atoms with Crippen LogP contribution < -0.4 is 10.1 Å². The second-order valence-electron chi connectivity index (χ2n) is 5.11. The van der Waals surface area contributed by atoms with Gasteiger partial charge >= 0.3 is 0 Å². The lowest BCUT2D eigenvalue weighted by Crippen LogP contribution is -2.18. The lowest BCUT2D eigenvalue weighted by Gasteiger charge is -2.15. The Morgan fingerprint density at radius 1 is 1.19 bits per heavy atom. The van der Waals surface area contributed by atoms with Crippen LogP contribution in [-0.2, 0) is 6.54 Å². The van der Waals surface area contributed by atoms with Gasteiger partial charge in [0.05, 0.1) is 0 Å². The van der Waals surface area contributed by atoms with Crippen molar-refractivity contribution in [2.24, 2.45) is 0 Å². The molecule has 0 fully saturated rings. The average molecular weight is 280 g/mol. The zero-order valence-corrected chi connectivity index (χ0v) is 12.5. The number of nitrogens with one attached hydrogen (secondary N) is 1. The van der Waals surface area contributed by atoms with Gasteiger partial charge in [0.2, 0.25) is 0 Å². The Bertz CT molecular complexity index is 614. The van der Waals surface area contributed by atoms with Crippen molar-refractivity contribution >= 4 is 0 Å². The Hall–Kier alpha value is -2.31. The van der Waals surface area contributed by atoms with Crippen molar-refractivity contribution in [3.63, 3.8) is 0 Å². The maximum Gasteiger partial charge on any atom is 0.174 e. The van der Waals surface area contributed by atoms with E-state index in [1.165, 1.54) is 16.7 Å². The van der Waals surface area contributed by atoms with Crippen molar-refractivity contribution in [3.05, 3.63) is 65.2 Å². The van der Waals surface area contributed by atoms with Crippen LogP contribution >= 0.6 is 0 Å². The molecule has 0 unspecified atom stereocenters. The molecule has 0 aliphatic heterocycles. The van der Waals surface area contributed by atoms with Gasteiger partial charge in [-0.2, -0.15) is 5.26 Å². The topological polar surface area (TPSA) is 45.0 Å². The summed E-state index contributed by atoms with van der Waals surface area (Å²) in [4.78, 5) is 0. The highest BCUT2D eigenvalue weighted by Crippen LogP contribution is 2.16. The first-order valence-corrected chi connectivity index (χ1v) is 7.07. The standard InChI is InChI=1S/C18H20N2O/c1-14-4-3-5-17(12-14)15(2)20-13-16-6-8-18(9-7-16)21-11-10-19/h3-9,12,15,20H,11,13H2,1-2H3/t15-/m0/s1. The fourth-order valence-corrected chi connectivity index (χ4v) is 2.15. The maximum atomic E-state index is 8.47. The third-order valence-electron chi connectivity index (χ3n) is 3.38. The molecule has 0 aliphatic rings. The molecule has 0 radical (unpaired) electrons. The minimum atomic E-state index is 0.0853. The van der Waals surface area contributed by atoms with Gasteiger partial charge in [-0.15, -0.1) is 0 Å². The third kappa shape index (κ3) is 4.62. The minimum absolute atomic E-state index is 0.0853. The largest absolute Gasteiger partial charge is 0.479 e. The van der Waals surface area contributed by atoms with Crippen LogP contribution in [0.15, 0.2) is 48.5 Å². The average Bonchev–Trinajstić information content (AvgIpc) is 2.51. The number of hydrogen-bond donors (Lipinski definition) is 1. The normalized spacial score (nSPS) is 11.7. The van der Waals surface area contributed by atoms with E-state index in [0.29, 0.717) is 6.04 Å². The summed E-state index contributed by atoms with van der Waals surface area (Å²) >= 11 is 0. The molecule has 1 N–H and O–H groups in total. The first-order chi connectivity index (χ1) is 10.2. The second-order valence-corrected chi connectivity index (χ2v) is 5.11. The summed E-state index contributed by atoms with van der Waals surface area (Å²) in [5, 5.41) is 12.0. The maximum absolute atomic E-state index is 8.47. The Morgan fingerprint density at radius 3 is 2.62 bits per heavy atom. The molecule has 3 heteroatoms. The second kappa shape index (κ2) is 7.47. The van der Waals surface area contributed by atoms with Crippen LogP contribution in [0.1, 0.15) is 29.7 Å². The highest BCUT2D eigenvalue weighted by atomic mass is 16.5. The fourth-order valence-electron chi connectivity index (χ4n) is 2.15. The quantitative estimate of drug-likeness (QED) is 0.876. The summed E-state index contributed by atoms with van der Waals surface area (Å²) in [6, 6.07) is 18.6. The monoisotopic (exact) mass is 280 g/mol. The number of benzene rings is 2. The first kappa shape index (κ1) is 15.1. The van der Waals surface area contributed by atoms with E-state index in [-0.39, 0.29) is 6.61 Å². The van der Waals surface area contributed by atoms with Crippen LogP contribution in [0, 0.1) is 18.3 Å². The Morgan fingerprint density at radius 2 is 1.95 bits per heavy atom. The highest BCUT2D eigenvalue weighted by Gasteiger charge is 2.05. The Kier molecular flexibility index (Phi) is 5.36. The predicted molar refractivity (Wildman–Crippen MR) is 84.0 cm³/mol. The zero-order chi connectivity index (χ0) is 15.1. The van der Waals surface area contributed by atoms with Crippen LogP contribution in [0.3, 0.4) is 0 Å². The SMILES string of the molecule is Cc1cccc([C@H](C)NCc2ccc(OCC#N)cc2)c1. The molecule has 0 spiro atoms. The van der Waals surface area contributed by atoms with Crippen molar-refractivity contribution in [3.8, 4) is 11.8 Å². The molecule has 3 nitrogen and oxygen atoms in total. The number of hydrogen-bond acceptors (Lipinski definition) is 3. The summed E-state index contributed by atoms with van der Waals surface area (Å²) in [5.74, 6) is 0.729. The molecule has 0 heterocycles. The van der Waals surface area contributed by atoms with Gasteiger partial charge in [0.1, 0.15) is 11.8 Å². The van der Waals surface area contributed by atoms with E-state index < -0.39 is 0 Å². The van der Waals surface area contributed by atoms with Crippen molar-refractivity contribution in [1.29, 1.82) is 5.26 Å². The molecule has 0 bridgehead atoms. The van der Waals surface area contributed by atoms with Gasteiger partial charge in [0.15, 0.2) is 6.61 Å². The van der Waals surface area contributed by atoms with Crippen LogP contribution in [0.5, 0.6) is 5.75 Å². The number of nitriles is 1. The van der Waals surface area contributed by atoms with E-state index in [1.54, 1.807) is 0 Å². The van der Waals surface area contributed by atoms with Crippen LogP contribution in [-0.4, -0.2) is 6.61 Å². The van der Waals surface area contributed by atoms with E-state index in [0.717, 1.165) is 12.3 Å². The number of aryl methyl sites for hydroxylation is 1. The van der Waals surface area contributed by atoms with Crippen LogP contribution in [0.25, 0.3) is 0 Å². The molecule has 0 saturated heterocycles. The molecule has 0 saturated carbocycles. The van der Waals surface area contributed by atoms with Gasteiger partial charge in [-0.25, -0.2) is 0 Å². The highest BCUT2D eigenvalue weighted by molar-refractivity contribution is 5.28. The van der Waals surface area contributed by atoms with Gasteiger partial charge in [-0.1, -0.05) is 42.0 Å². The van der Waals surface area contributed by atoms with E-state index in [2.05, 4.69) is 43.4 Å². The van der Waals surface area contributed by atoms with Gasteiger partial charge in [0.25, 0.3) is 0 Å². The van der Waals surface area contributed by atoms with Crippen molar-refractivity contribution in [2.45, 2.75) is 26.4 Å². The van der Waals surface area contributed by atoms with Crippen molar-refractivity contribution in [1.82, 2.24) is 5.32 Å². The number of nitrogens with zero attached hydrogens (tertiary/aromatic N) is 1. The van der Waals surface area contributed by atoms with Crippen molar-refractivity contribution < 1.29 is 4.74 Å². The van der Waals surface area contributed by atoms with Crippen LogP contribution in [0.2, 0.25) is 0 Å². The lowest BCUT2D eigenvalue weighted by molar-refractivity contribution is 0.368. The van der Waals surface area contributed by atoms with Gasteiger partial charge in [-0.3, -0.25) is 0 Å². The van der Waals surface area contributed by atoms with E-state index >= 15 is 0 Å². The molecule has 0 aliphatic carbocycles. The van der Waals surface area contributed by atoms with Crippen molar-refractivity contribution in [2.75, 3.05) is 6.61 Å². The fraction of sp³-hybridized carbons (Fsp3) is 0.278. The lowest BCUT2D eigenvalue weighted by atomic mass is 10.1. The molecule has 1 atom stereocenters. The van der Waals surface area contributed by atoms with Gasteiger partial charge < -0.3 is 10.1 Å². The minimum Gasteiger partial charge on any atom is -0.479 e. The van der Waals surface area contributed by atoms with Crippen LogP contribution in [0.4, 0.5) is 0 Å². The van der Waals surface area contributed by atoms with Gasteiger partial charge in [-0.05, 0) is 37.1 Å². The summed E-state index contributed by atoms with van der Waals surface area (Å²) in [6.45, 7) is 5.16. The predicted octanol–water partition coefficient (Wildman–Crippen LogP) is 3.75. The Labute approximate surface area is 126 Å². The Balaban J connectivity index is 1.89. The van der Waals surface area contributed by atoms with Gasteiger partial charge in [0, 0.05) is 12.6 Å². The smallest absolute Gasteiger partial charge is 0.174 e. The summed E-state index contributed by atoms with van der Waals surface area (Å²) < 4.78 is 5.24. The van der Waals surface area contributed by atoms with E-state index in [9.17, 15) is 0 Å². The molecule has 2 rings (SSSR count). The third-order valence-corrected chi connectivity index (χ3v) is 3.38. The molecule has 108 valence electrons. The summed E-state index contributed by atoms with van der Waals surface area (Å²) in [5.41, 5.74) is 3.77. The summed E-state index contributed by atoms with van der Waals surface area (Å²) in [7, 11) is 0. The molecule has 21 heavy (non-hydrogen) atoms. The molecule has 0 amide bonds. The zero-order valence-electron chi connectivity index (χ0n) is 12.5. The molecule has 2 aromatic rings.